The van der Waals surface area contributed by atoms with Crippen molar-refractivity contribution in [1.29, 1.82) is 0 Å². The van der Waals surface area contributed by atoms with Crippen LogP contribution in [0.4, 0.5) is 5.69 Å². The van der Waals surface area contributed by atoms with E-state index < -0.39 is 10.0 Å². The van der Waals surface area contributed by atoms with Gasteiger partial charge in [0.25, 0.3) is 15.9 Å². The molecule has 1 N–H and O–H groups in total. The Kier molecular flexibility index (Phi) is 6.97. The van der Waals surface area contributed by atoms with Crippen LogP contribution in [-0.2, 0) is 16.6 Å². The van der Waals surface area contributed by atoms with E-state index >= 15 is 0 Å². The Labute approximate surface area is 183 Å². The van der Waals surface area contributed by atoms with E-state index in [0.717, 1.165) is 11.3 Å². The molecule has 0 aliphatic rings. The summed E-state index contributed by atoms with van der Waals surface area (Å²) in [5, 5.41) is 0. The van der Waals surface area contributed by atoms with Crippen LogP contribution in [0.25, 0.3) is 0 Å². The van der Waals surface area contributed by atoms with Gasteiger partial charge in [-0.15, -0.1) is 0 Å². The van der Waals surface area contributed by atoms with Gasteiger partial charge in [-0.1, -0.05) is 36.4 Å². The number of benzene rings is 3. The summed E-state index contributed by atoms with van der Waals surface area (Å²) >= 11 is 0. The molecule has 3 aromatic carbocycles. The molecule has 0 aliphatic heterocycles. The fourth-order valence-electron chi connectivity index (χ4n) is 3.19. The number of hydrogen-bond acceptors (Lipinski definition) is 4. The first kappa shape index (κ1) is 22.4. The zero-order valence-electron chi connectivity index (χ0n) is 17.8. The largest absolute Gasteiger partial charge is 0.494 e. The van der Waals surface area contributed by atoms with Crippen LogP contribution in [-0.4, -0.2) is 32.9 Å². The average Bonchev–Trinajstić information content (AvgIpc) is 2.76. The van der Waals surface area contributed by atoms with Gasteiger partial charge in [-0.3, -0.25) is 9.52 Å². The number of amides is 1. The quantitative estimate of drug-likeness (QED) is 0.563. The molecular formula is C24H26N2O4S. The number of carbonyl (C=O) groups is 1. The number of aryl methyl sites for hydroxylation is 1. The minimum absolute atomic E-state index is 0.160. The van der Waals surface area contributed by atoms with Crippen LogP contribution in [0.2, 0.25) is 0 Å². The Balaban J connectivity index is 1.75. The molecule has 7 heteroatoms. The molecule has 0 aliphatic carbocycles. The Morgan fingerprint density at radius 2 is 1.68 bits per heavy atom. The predicted octanol–water partition coefficient (Wildman–Crippen LogP) is 4.47. The number of para-hydroxylation sites is 1. The van der Waals surface area contributed by atoms with Crippen molar-refractivity contribution in [2.75, 3.05) is 18.4 Å². The van der Waals surface area contributed by atoms with Crippen molar-refractivity contribution < 1.29 is 17.9 Å². The highest BCUT2D eigenvalue weighted by Crippen LogP contribution is 2.23. The number of nitrogens with zero attached hydrogens (tertiary/aromatic N) is 1. The molecule has 1 amide bonds. The number of sulfonamides is 1. The fourth-order valence-corrected chi connectivity index (χ4v) is 4.34. The fraction of sp³-hybridized carbons (Fsp3) is 0.208. The van der Waals surface area contributed by atoms with Crippen molar-refractivity contribution in [2.45, 2.75) is 25.3 Å². The van der Waals surface area contributed by atoms with E-state index in [-0.39, 0.29) is 10.8 Å². The summed E-state index contributed by atoms with van der Waals surface area (Å²) in [7, 11) is -1.97. The van der Waals surface area contributed by atoms with E-state index in [1.54, 1.807) is 55.3 Å². The zero-order valence-corrected chi connectivity index (χ0v) is 18.6. The van der Waals surface area contributed by atoms with Crippen molar-refractivity contribution in [1.82, 2.24) is 4.90 Å². The lowest BCUT2D eigenvalue weighted by molar-refractivity contribution is 0.0784. The van der Waals surface area contributed by atoms with E-state index in [1.807, 2.05) is 31.2 Å². The first-order valence-corrected chi connectivity index (χ1v) is 11.4. The molecule has 0 aromatic heterocycles. The normalized spacial score (nSPS) is 11.1. The third kappa shape index (κ3) is 5.44. The van der Waals surface area contributed by atoms with E-state index in [1.165, 1.54) is 12.1 Å². The Morgan fingerprint density at radius 1 is 1.00 bits per heavy atom. The SMILES string of the molecule is CCOc1ccccc1CN(C)C(=O)c1ccc(NS(=O)(=O)c2ccccc2)c(C)c1. The first-order chi connectivity index (χ1) is 14.8. The summed E-state index contributed by atoms with van der Waals surface area (Å²) in [6.07, 6.45) is 0. The molecule has 0 saturated carbocycles. The van der Waals surface area contributed by atoms with Crippen molar-refractivity contribution in [3.8, 4) is 5.75 Å². The number of rotatable bonds is 8. The molecule has 162 valence electrons. The molecule has 3 rings (SSSR count). The smallest absolute Gasteiger partial charge is 0.261 e. The van der Waals surface area contributed by atoms with Crippen LogP contribution in [0.3, 0.4) is 0 Å². The summed E-state index contributed by atoms with van der Waals surface area (Å²) in [4.78, 5) is 14.7. The highest BCUT2D eigenvalue weighted by molar-refractivity contribution is 7.92. The third-order valence-electron chi connectivity index (χ3n) is 4.80. The van der Waals surface area contributed by atoms with Crippen molar-refractivity contribution in [2.24, 2.45) is 0 Å². The first-order valence-electron chi connectivity index (χ1n) is 9.96. The van der Waals surface area contributed by atoms with Gasteiger partial charge in [0, 0.05) is 24.7 Å². The molecular weight excluding hydrogens is 412 g/mol. The van der Waals surface area contributed by atoms with Gasteiger partial charge in [-0.2, -0.15) is 0 Å². The van der Waals surface area contributed by atoms with Gasteiger partial charge in [0.2, 0.25) is 0 Å². The molecule has 0 fully saturated rings. The highest BCUT2D eigenvalue weighted by Gasteiger charge is 2.18. The maximum absolute atomic E-state index is 12.9. The molecule has 0 spiro atoms. The average molecular weight is 439 g/mol. The zero-order chi connectivity index (χ0) is 22.4. The van der Waals surface area contributed by atoms with Gasteiger partial charge in [-0.05, 0) is 55.8 Å². The molecule has 0 atom stereocenters. The van der Waals surface area contributed by atoms with Crippen LogP contribution in [0.5, 0.6) is 5.75 Å². The number of carbonyl (C=O) groups excluding carboxylic acids is 1. The summed E-state index contributed by atoms with van der Waals surface area (Å²) in [6.45, 7) is 4.64. The molecule has 0 radical (unpaired) electrons. The number of hydrogen-bond donors (Lipinski definition) is 1. The monoisotopic (exact) mass is 438 g/mol. The second-order valence-electron chi connectivity index (χ2n) is 7.15. The Morgan fingerprint density at radius 3 is 2.35 bits per heavy atom. The topological polar surface area (TPSA) is 75.7 Å². The van der Waals surface area contributed by atoms with Gasteiger partial charge in [0.15, 0.2) is 0 Å². The lowest BCUT2D eigenvalue weighted by Gasteiger charge is -2.20. The van der Waals surface area contributed by atoms with Gasteiger partial charge < -0.3 is 9.64 Å². The summed E-state index contributed by atoms with van der Waals surface area (Å²) < 4.78 is 33.4. The van der Waals surface area contributed by atoms with Crippen LogP contribution in [0.15, 0.2) is 77.7 Å². The maximum atomic E-state index is 12.9. The third-order valence-corrected chi connectivity index (χ3v) is 6.18. The summed E-state index contributed by atoms with van der Waals surface area (Å²) in [5.74, 6) is 0.596. The van der Waals surface area contributed by atoms with Crippen LogP contribution >= 0.6 is 0 Å². The van der Waals surface area contributed by atoms with Crippen LogP contribution in [0, 0.1) is 6.92 Å². The molecule has 31 heavy (non-hydrogen) atoms. The molecule has 0 bridgehead atoms. The second-order valence-corrected chi connectivity index (χ2v) is 8.83. The van der Waals surface area contributed by atoms with Gasteiger partial charge in [0.05, 0.1) is 17.2 Å². The molecule has 0 unspecified atom stereocenters. The van der Waals surface area contributed by atoms with Crippen molar-refractivity contribution >= 4 is 21.6 Å². The Hall–Kier alpha value is -3.32. The number of anilines is 1. The predicted molar refractivity (Wildman–Crippen MR) is 122 cm³/mol. The van der Waals surface area contributed by atoms with E-state index in [9.17, 15) is 13.2 Å². The highest BCUT2D eigenvalue weighted by atomic mass is 32.2. The molecule has 3 aromatic rings. The summed E-state index contributed by atoms with van der Waals surface area (Å²) in [5.41, 5.74) is 2.50. The second kappa shape index (κ2) is 9.66. The van der Waals surface area contributed by atoms with Gasteiger partial charge >= 0.3 is 0 Å². The van der Waals surface area contributed by atoms with Gasteiger partial charge in [0.1, 0.15) is 5.75 Å². The number of nitrogens with one attached hydrogen (secondary N) is 1. The molecule has 0 heterocycles. The molecule has 0 saturated heterocycles. The maximum Gasteiger partial charge on any atom is 0.261 e. The minimum Gasteiger partial charge on any atom is -0.494 e. The summed E-state index contributed by atoms with van der Waals surface area (Å²) in [6, 6.07) is 20.7. The molecule has 6 nitrogen and oxygen atoms in total. The van der Waals surface area contributed by atoms with Crippen molar-refractivity contribution in [3.05, 3.63) is 89.5 Å². The van der Waals surface area contributed by atoms with E-state index in [4.69, 9.17) is 4.74 Å². The van der Waals surface area contributed by atoms with Crippen LogP contribution < -0.4 is 9.46 Å². The van der Waals surface area contributed by atoms with Crippen LogP contribution in [0.1, 0.15) is 28.4 Å². The lowest BCUT2D eigenvalue weighted by atomic mass is 10.1. The van der Waals surface area contributed by atoms with E-state index in [0.29, 0.717) is 30.0 Å². The Bertz CT molecular complexity index is 1160. The van der Waals surface area contributed by atoms with Crippen molar-refractivity contribution in [3.63, 3.8) is 0 Å². The standard InChI is InChI=1S/C24H26N2O4S/c1-4-30-23-13-9-8-10-20(23)17-26(3)24(27)19-14-15-22(18(2)16-19)25-31(28,29)21-11-6-5-7-12-21/h5-16,25H,4,17H2,1-3H3. The minimum atomic E-state index is -3.70. The van der Waals surface area contributed by atoms with Gasteiger partial charge in [-0.25, -0.2) is 8.42 Å². The lowest BCUT2D eigenvalue weighted by Crippen LogP contribution is -2.26. The van der Waals surface area contributed by atoms with E-state index in [2.05, 4.69) is 4.72 Å². The number of ether oxygens (including phenoxy) is 1.